The van der Waals surface area contributed by atoms with Crippen LogP contribution in [-0.4, -0.2) is 29.4 Å². The average Bonchev–Trinajstić information content (AvgIpc) is 2.86. The predicted molar refractivity (Wildman–Crippen MR) is 125 cm³/mol. The zero-order valence-electron chi connectivity index (χ0n) is 18.5. The second-order valence-electron chi connectivity index (χ2n) is 7.61. The highest BCUT2D eigenvalue weighted by atomic mass is 32.2. The Kier molecular flexibility index (Phi) is 5.38. The smallest absolute Gasteiger partial charge is 0.297 e. The summed E-state index contributed by atoms with van der Waals surface area (Å²) < 4.78 is 7.42. The lowest BCUT2D eigenvalue weighted by molar-refractivity contribution is -0.764. The monoisotopic (exact) mass is 458 g/mol. The summed E-state index contributed by atoms with van der Waals surface area (Å²) in [5.74, 6) is 0.147. The Hall–Kier alpha value is -3.65. The third kappa shape index (κ3) is 3.29. The van der Waals surface area contributed by atoms with Crippen molar-refractivity contribution in [1.82, 2.24) is 10.1 Å². The number of aromatic nitrogens is 3. The average molecular weight is 459 g/mol. The summed E-state index contributed by atoms with van der Waals surface area (Å²) in [6.07, 6.45) is 1.39. The Morgan fingerprint density at radius 2 is 1.91 bits per heavy atom. The molecule has 8 heteroatoms. The van der Waals surface area contributed by atoms with Crippen LogP contribution in [0.15, 0.2) is 65.8 Å². The molecule has 0 radical (unpaired) electrons. The number of carbonyl (C=O) groups is 1. The van der Waals surface area contributed by atoms with Gasteiger partial charge in [-0.15, -0.1) is 0 Å². The molecule has 1 aromatic heterocycles. The molecule has 0 spiro atoms. The molecular weight excluding hydrogens is 436 g/mol. The first-order valence-electron chi connectivity index (χ1n) is 10.6. The van der Waals surface area contributed by atoms with Gasteiger partial charge in [-0.2, -0.15) is 0 Å². The number of amides is 1. The second-order valence-corrected chi connectivity index (χ2v) is 8.38. The van der Waals surface area contributed by atoms with Crippen molar-refractivity contribution in [3.63, 3.8) is 0 Å². The van der Waals surface area contributed by atoms with Crippen molar-refractivity contribution in [2.24, 2.45) is 0 Å². The quantitative estimate of drug-likeness (QED) is 0.343. The van der Waals surface area contributed by atoms with Crippen LogP contribution >= 0.6 is 11.8 Å². The van der Waals surface area contributed by atoms with E-state index in [9.17, 15) is 9.90 Å². The third-order valence-corrected chi connectivity index (χ3v) is 6.42. The van der Waals surface area contributed by atoms with Gasteiger partial charge < -0.3 is 9.84 Å². The molecule has 0 saturated heterocycles. The van der Waals surface area contributed by atoms with Crippen molar-refractivity contribution in [2.75, 3.05) is 18.3 Å². The minimum Gasteiger partial charge on any atom is -0.854 e. The third-order valence-electron chi connectivity index (χ3n) is 5.88. The molecule has 0 N–H and O–H groups in total. The van der Waals surface area contributed by atoms with E-state index in [0.29, 0.717) is 34.3 Å². The van der Waals surface area contributed by atoms with E-state index in [1.54, 1.807) is 16.7 Å². The summed E-state index contributed by atoms with van der Waals surface area (Å²) in [4.78, 5) is 19.3. The van der Waals surface area contributed by atoms with Crippen molar-refractivity contribution in [2.45, 2.75) is 24.7 Å². The fraction of sp³-hybridized carbons (Fsp3) is 0.200. The van der Waals surface area contributed by atoms with E-state index in [1.807, 2.05) is 73.8 Å². The summed E-state index contributed by atoms with van der Waals surface area (Å²) in [7, 11) is 1.61. The van der Waals surface area contributed by atoms with Gasteiger partial charge in [0.1, 0.15) is 5.75 Å². The van der Waals surface area contributed by atoms with Crippen LogP contribution in [0.4, 0.5) is 5.69 Å². The normalized spacial score (nSPS) is 14.6. The molecule has 33 heavy (non-hydrogen) atoms. The molecular formula is C25H22N4O3S. The van der Waals surface area contributed by atoms with Gasteiger partial charge in [0, 0.05) is 11.5 Å². The Labute approximate surface area is 195 Å². The fourth-order valence-corrected chi connectivity index (χ4v) is 4.79. The van der Waals surface area contributed by atoms with E-state index in [1.165, 1.54) is 11.8 Å². The first kappa shape index (κ1) is 21.2. The summed E-state index contributed by atoms with van der Waals surface area (Å²) in [6, 6.07) is 19.2. The fourth-order valence-electron chi connectivity index (χ4n) is 4.44. The van der Waals surface area contributed by atoms with Gasteiger partial charge >= 0.3 is 0 Å². The van der Waals surface area contributed by atoms with Crippen LogP contribution in [0.3, 0.4) is 0 Å². The lowest BCUT2D eigenvalue weighted by Crippen LogP contribution is -2.59. The molecule has 5 rings (SSSR count). The van der Waals surface area contributed by atoms with Gasteiger partial charge in [0.2, 0.25) is 5.91 Å². The van der Waals surface area contributed by atoms with E-state index in [-0.39, 0.29) is 11.8 Å². The van der Waals surface area contributed by atoms with Crippen LogP contribution in [0.5, 0.6) is 11.6 Å². The number of methoxy groups -OCH3 is 1. The molecule has 0 saturated carbocycles. The molecule has 1 amide bonds. The molecule has 1 atom stereocenters. The van der Waals surface area contributed by atoms with Crippen LogP contribution in [0.25, 0.3) is 22.0 Å². The predicted octanol–water partition coefficient (Wildman–Crippen LogP) is 3.69. The van der Waals surface area contributed by atoms with Gasteiger partial charge in [0.05, 0.1) is 29.8 Å². The Morgan fingerprint density at radius 1 is 1.15 bits per heavy atom. The summed E-state index contributed by atoms with van der Waals surface area (Å²) in [5.41, 5.74) is 2.40. The maximum Gasteiger partial charge on any atom is 0.297 e. The van der Waals surface area contributed by atoms with E-state index in [2.05, 4.69) is 4.98 Å². The number of ether oxygens (including phenoxy) is 1. The largest absolute Gasteiger partial charge is 0.854 e. The van der Waals surface area contributed by atoms with Crippen molar-refractivity contribution >= 4 is 34.1 Å². The lowest BCUT2D eigenvalue weighted by atomic mass is 9.96. The molecule has 0 aliphatic carbocycles. The highest BCUT2D eigenvalue weighted by Crippen LogP contribution is 2.44. The standard InChI is InChI=1S/C25H22N4O3S/c1-4-20(30)28-18-12-8-7-11-17(18)22-23(31)26-25(33-3)27-29(22)24(28)21-16-10-6-5-9-15(16)13-14-19(21)32-2/h5-14,24H,4H2,1-3H3. The molecule has 166 valence electrons. The summed E-state index contributed by atoms with van der Waals surface area (Å²) >= 11 is 1.29. The van der Waals surface area contributed by atoms with Crippen LogP contribution < -0.4 is 19.4 Å². The molecule has 1 aliphatic rings. The number of carbonyl (C=O) groups excluding carboxylic acids is 1. The lowest BCUT2D eigenvalue weighted by Gasteiger charge is -2.34. The van der Waals surface area contributed by atoms with Gasteiger partial charge in [-0.05, 0) is 35.2 Å². The summed E-state index contributed by atoms with van der Waals surface area (Å²) in [6.45, 7) is 1.83. The number of hydrogen-bond acceptors (Lipinski definition) is 6. The van der Waals surface area contributed by atoms with E-state index in [4.69, 9.17) is 9.84 Å². The van der Waals surface area contributed by atoms with Crippen LogP contribution in [0.1, 0.15) is 25.1 Å². The van der Waals surface area contributed by atoms with Crippen LogP contribution in [0, 0.1) is 0 Å². The number of anilines is 1. The topological polar surface area (TPSA) is 82.3 Å². The zero-order valence-corrected chi connectivity index (χ0v) is 19.3. The first-order chi connectivity index (χ1) is 16.1. The van der Waals surface area contributed by atoms with Crippen molar-refractivity contribution in [3.8, 4) is 22.9 Å². The van der Waals surface area contributed by atoms with Gasteiger partial charge in [0.25, 0.3) is 17.0 Å². The molecule has 3 aromatic carbocycles. The van der Waals surface area contributed by atoms with Gasteiger partial charge in [-0.3, -0.25) is 4.79 Å². The highest BCUT2D eigenvalue weighted by Gasteiger charge is 2.46. The minimum absolute atomic E-state index is 0.0858. The van der Waals surface area contributed by atoms with Gasteiger partial charge in [0.15, 0.2) is 0 Å². The molecule has 2 heterocycles. The Balaban J connectivity index is 1.94. The number of thioether (sulfide) groups is 1. The number of para-hydroxylation sites is 1. The maximum atomic E-state index is 13.4. The highest BCUT2D eigenvalue weighted by molar-refractivity contribution is 7.98. The van der Waals surface area contributed by atoms with Gasteiger partial charge in [-0.25, -0.2) is 9.88 Å². The molecule has 7 nitrogen and oxygen atoms in total. The first-order valence-corrected chi connectivity index (χ1v) is 11.8. The Morgan fingerprint density at radius 3 is 2.67 bits per heavy atom. The van der Waals surface area contributed by atoms with E-state index >= 15 is 0 Å². The second kappa shape index (κ2) is 8.37. The van der Waals surface area contributed by atoms with Gasteiger partial charge in [-0.1, -0.05) is 65.8 Å². The number of nitrogens with zero attached hydrogens (tertiary/aromatic N) is 4. The number of rotatable bonds is 4. The number of hydrogen-bond donors (Lipinski definition) is 0. The molecule has 4 aromatic rings. The number of fused-ring (bicyclic) bond motifs is 4. The number of benzene rings is 3. The van der Waals surface area contributed by atoms with E-state index < -0.39 is 6.17 Å². The molecule has 1 aliphatic heterocycles. The van der Waals surface area contributed by atoms with Crippen molar-refractivity contribution < 1.29 is 19.3 Å². The van der Waals surface area contributed by atoms with Crippen molar-refractivity contribution in [1.29, 1.82) is 0 Å². The van der Waals surface area contributed by atoms with Crippen molar-refractivity contribution in [3.05, 3.63) is 66.2 Å². The maximum absolute atomic E-state index is 13.4. The summed E-state index contributed by atoms with van der Waals surface area (Å²) in [5, 5.41) is 20.2. The molecule has 0 bridgehead atoms. The molecule has 0 fully saturated rings. The molecule has 1 unspecified atom stereocenters. The zero-order chi connectivity index (χ0) is 23.1. The Bertz CT molecular complexity index is 1390. The minimum atomic E-state index is -0.718. The SMILES string of the molecule is CCC(=O)N1c2ccccc2-c2c([O-])nc(SC)n[n+]2C1c1c(OC)ccc2ccccc12. The van der Waals surface area contributed by atoms with Crippen LogP contribution in [0.2, 0.25) is 0 Å². The van der Waals surface area contributed by atoms with Crippen LogP contribution in [-0.2, 0) is 4.79 Å². The van der Waals surface area contributed by atoms with E-state index in [0.717, 1.165) is 16.3 Å².